The molecule has 2 rings (SSSR count). The molecule has 1 unspecified atom stereocenters. The zero-order chi connectivity index (χ0) is 15.9. The summed E-state index contributed by atoms with van der Waals surface area (Å²) in [6.07, 6.45) is 0. The Balaban J connectivity index is 1.91. The molecule has 0 saturated heterocycles. The minimum Gasteiger partial charge on any atom is -0.374 e. The van der Waals surface area contributed by atoms with Crippen LogP contribution >= 0.6 is 0 Å². The third-order valence-electron chi connectivity index (χ3n) is 3.23. The molecule has 2 aromatic rings. The van der Waals surface area contributed by atoms with Gasteiger partial charge in [0.2, 0.25) is 11.8 Å². The molecule has 0 aliphatic rings. The van der Waals surface area contributed by atoms with Crippen molar-refractivity contribution in [2.24, 2.45) is 5.73 Å². The van der Waals surface area contributed by atoms with Crippen molar-refractivity contribution in [3.63, 3.8) is 0 Å². The summed E-state index contributed by atoms with van der Waals surface area (Å²) in [5.41, 5.74) is 7.36. The van der Waals surface area contributed by atoms with E-state index in [2.05, 4.69) is 10.6 Å². The highest BCUT2D eigenvalue weighted by Gasteiger charge is 2.12. The van der Waals surface area contributed by atoms with Gasteiger partial charge in [0.1, 0.15) is 6.04 Å². The number of amides is 2. The first kappa shape index (κ1) is 15.6. The first-order chi connectivity index (χ1) is 10.6. The molecule has 0 aliphatic heterocycles. The lowest BCUT2D eigenvalue weighted by Crippen LogP contribution is -2.37. The maximum Gasteiger partial charge on any atom is 0.248 e. The van der Waals surface area contributed by atoms with Gasteiger partial charge in [0.25, 0.3) is 0 Å². The molecular weight excluding hydrogens is 278 g/mol. The van der Waals surface area contributed by atoms with Gasteiger partial charge in [0.05, 0.1) is 0 Å². The van der Waals surface area contributed by atoms with Crippen LogP contribution in [0.4, 0.5) is 5.69 Å². The second kappa shape index (κ2) is 7.26. The Morgan fingerprint density at radius 3 is 2.50 bits per heavy atom. The smallest absolute Gasteiger partial charge is 0.248 e. The number of rotatable bonds is 6. The molecule has 114 valence electrons. The van der Waals surface area contributed by atoms with E-state index in [1.165, 1.54) is 0 Å². The predicted octanol–water partition coefficient (Wildman–Crippen LogP) is 1.90. The van der Waals surface area contributed by atoms with Crippen LogP contribution in [-0.2, 0) is 11.3 Å². The van der Waals surface area contributed by atoms with Gasteiger partial charge in [-0.3, -0.25) is 9.59 Å². The van der Waals surface area contributed by atoms with Gasteiger partial charge in [0, 0.05) is 17.8 Å². The van der Waals surface area contributed by atoms with Crippen molar-refractivity contribution in [3.05, 3.63) is 65.7 Å². The molecule has 0 bridgehead atoms. The molecule has 5 heteroatoms. The van der Waals surface area contributed by atoms with Crippen LogP contribution in [0.5, 0.6) is 0 Å². The number of carbonyl (C=O) groups is 2. The fourth-order valence-electron chi connectivity index (χ4n) is 2.02. The lowest BCUT2D eigenvalue weighted by molar-refractivity contribution is -0.121. The standard InChI is InChI=1S/C17H19N3O2/c1-12(17(22)19-11-13-6-3-2-4-7-13)20-15-9-5-8-14(10-15)16(18)21/h2-10,12,20H,11H2,1H3,(H2,18,21)(H,19,22). The quantitative estimate of drug-likeness (QED) is 0.761. The lowest BCUT2D eigenvalue weighted by Gasteiger charge is -2.15. The van der Waals surface area contributed by atoms with Gasteiger partial charge in [-0.05, 0) is 30.7 Å². The van der Waals surface area contributed by atoms with E-state index in [-0.39, 0.29) is 5.91 Å². The molecule has 22 heavy (non-hydrogen) atoms. The monoisotopic (exact) mass is 297 g/mol. The topological polar surface area (TPSA) is 84.2 Å². The van der Waals surface area contributed by atoms with Crippen LogP contribution in [0, 0.1) is 0 Å². The Bertz CT molecular complexity index is 656. The van der Waals surface area contributed by atoms with Gasteiger partial charge < -0.3 is 16.4 Å². The average molecular weight is 297 g/mol. The van der Waals surface area contributed by atoms with Crippen LogP contribution in [0.3, 0.4) is 0 Å². The van der Waals surface area contributed by atoms with E-state index >= 15 is 0 Å². The summed E-state index contributed by atoms with van der Waals surface area (Å²) in [4.78, 5) is 23.2. The Hall–Kier alpha value is -2.82. The molecule has 0 spiro atoms. The molecule has 0 radical (unpaired) electrons. The summed E-state index contributed by atoms with van der Waals surface area (Å²) >= 11 is 0. The van der Waals surface area contributed by atoms with E-state index < -0.39 is 11.9 Å². The van der Waals surface area contributed by atoms with Crippen molar-refractivity contribution < 1.29 is 9.59 Å². The third-order valence-corrected chi connectivity index (χ3v) is 3.23. The van der Waals surface area contributed by atoms with Crippen LogP contribution in [-0.4, -0.2) is 17.9 Å². The minimum atomic E-state index is -0.496. The highest BCUT2D eigenvalue weighted by atomic mass is 16.2. The van der Waals surface area contributed by atoms with Crippen LogP contribution < -0.4 is 16.4 Å². The number of benzene rings is 2. The number of primary amides is 1. The highest BCUT2D eigenvalue weighted by molar-refractivity contribution is 5.94. The molecule has 0 aliphatic carbocycles. The summed E-state index contributed by atoms with van der Waals surface area (Å²) in [5, 5.41) is 5.92. The zero-order valence-corrected chi connectivity index (χ0v) is 12.4. The van der Waals surface area contributed by atoms with Gasteiger partial charge in [-0.1, -0.05) is 36.4 Å². The Kier molecular flexibility index (Phi) is 5.14. The van der Waals surface area contributed by atoms with Crippen LogP contribution in [0.25, 0.3) is 0 Å². The van der Waals surface area contributed by atoms with Crippen LogP contribution in [0.15, 0.2) is 54.6 Å². The van der Waals surface area contributed by atoms with Gasteiger partial charge in [-0.25, -0.2) is 0 Å². The molecule has 0 saturated carbocycles. The number of hydrogen-bond acceptors (Lipinski definition) is 3. The summed E-state index contributed by atoms with van der Waals surface area (Å²) in [5.74, 6) is -0.613. The van der Waals surface area contributed by atoms with E-state index in [4.69, 9.17) is 5.73 Å². The molecule has 4 N–H and O–H groups in total. The summed E-state index contributed by atoms with van der Waals surface area (Å²) < 4.78 is 0. The molecule has 2 aromatic carbocycles. The second-order valence-corrected chi connectivity index (χ2v) is 5.01. The number of nitrogens with one attached hydrogen (secondary N) is 2. The van der Waals surface area contributed by atoms with E-state index in [0.717, 1.165) is 5.56 Å². The molecule has 0 heterocycles. The van der Waals surface area contributed by atoms with Crippen molar-refractivity contribution in [2.45, 2.75) is 19.5 Å². The largest absolute Gasteiger partial charge is 0.374 e. The van der Waals surface area contributed by atoms with Crippen molar-refractivity contribution in [3.8, 4) is 0 Å². The molecule has 1 atom stereocenters. The Morgan fingerprint density at radius 2 is 1.82 bits per heavy atom. The number of nitrogens with two attached hydrogens (primary N) is 1. The lowest BCUT2D eigenvalue weighted by atomic mass is 10.1. The van der Waals surface area contributed by atoms with E-state index in [1.54, 1.807) is 31.2 Å². The van der Waals surface area contributed by atoms with Crippen molar-refractivity contribution >= 4 is 17.5 Å². The van der Waals surface area contributed by atoms with Gasteiger partial charge in [-0.15, -0.1) is 0 Å². The zero-order valence-electron chi connectivity index (χ0n) is 12.4. The van der Waals surface area contributed by atoms with Crippen LogP contribution in [0.1, 0.15) is 22.8 Å². The molecule has 0 fully saturated rings. The van der Waals surface area contributed by atoms with Crippen molar-refractivity contribution in [1.29, 1.82) is 0 Å². The fraction of sp³-hybridized carbons (Fsp3) is 0.176. The average Bonchev–Trinajstić information content (AvgIpc) is 2.53. The van der Waals surface area contributed by atoms with Crippen LogP contribution in [0.2, 0.25) is 0 Å². The predicted molar refractivity (Wildman–Crippen MR) is 86.3 cm³/mol. The van der Waals surface area contributed by atoms with E-state index in [9.17, 15) is 9.59 Å². The summed E-state index contributed by atoms with van der Waals surface area (Å²) in [6, 6.07) is 16.0. The van der Waals surface area contributed by atoms with Crippen molar-refractivity contribution in [1.82, 2.24) is 5.32 Å². The third kappa shape index (κ3) is 4.34. The van der Waals surface area contributed by atoms with Crippen molar-refractivity contribution in [2.75, 3.05) is 5.32 Å². The minimum absolute atomic E-state index is 0.117. The highest BCUT2D eigenvalue weighted by Crippen LogP contribution is 2.11. The number of anilines is 1. The van der Waals surface area contributed by atoms with Gasteiger partial charge in [0.15, 0.2) is 0 Å². The summed E-state index contributed by atoms with van der Waals surface area (Å²) in [6.45, 7) is 2.24. The maximum absolute atomic E-state index is 12.1. The molecule has 2 amide bonds. The molecule has 0 aromatic heterocycles. The normalized spacial score (nSPS) is 11.5. The molecule has 5 nitrogen and oxygen atoms in total. The van der Waals surface area contributed by atoms with Gasteiger partial charge in [-0.2, -0.15) is 0 Å². The Labute approximate surface area is 129 Å². The first-order valence-corrected chi connectivity index (χ1v) is 7.04. The van der Waals surface area contributed by atoms with Gasteiger partial charge >= 0.3 is 0 Å². The Morgan fingerprint density at radius 1 is 1.09 bits per heavy atom. The SMILES string of the molecule is CC(Nc1cccc(C(N)=O)c1)C(=O)NCc1ccccc1. The second-order valence-electron chi connectivity index (χ2n) is 5.01. The van der Waals surface area contributed by atoms with E-state index in [1.807, 2.05) is 30.3 Å². The first-order valence-electron chi connectivity index (χ1n) is 7.04. The van der Waals surface area contributed by atoms with E-state index in [0.29, 0.717) is 17.8 Å². The number of carbonyl (C=O) groups excluding carboxylic acids is 2. The summed E-state index contributed by atoms with van der Waals surface area (Å²) in [7, 11) is 0. The fourth-order valence-corrected chi connectivity index (χ4v) is 2.02. The number of hydrogen-bond donors (Lipinski definition) is 3. The molecular formula is C17H19N3O2. The maximum atomic E-state index is 12.1.